The molecule has 1 atom stereocenters. The zero-order valence-corrected chi connectivity index (χ0v) is 12.5. The van der Waals surface area contributed by atoms with Crippen LogP contribution in [0.4, 0.5) is 4.79 Å². The normalized spacial score (nSPS) is 12.0. The number of aromatic nitrogens is 2. The molecule has 6 heteroatoms. The van der Waals surface area contributed by atoms with Crippen molar-refractivity contribution in [3.05, 3.63) is 47.1 Å². The fraction of sp³-hybridized carbons (Fsp3) is 0.400. The fourth-order valence-corrected chi connectivity index (χ4v) is 2.12. The van der Waals surface area contributed by atoms with Gasteiger partial charge in [-0.05, 0) is 31.9 Å². The van der Waals surface area contributed by atoms with Gasteiger partial charge in [-0.15, -0.1) is 0 Å². The van der Waals surface area contributed by atoms with Crippen molar-refractivity contribution in [1.29, 1.82) is 0 Å². The Labute approximate surface area is 123 Å². The molecule has 1 unspecified atom stereocenters. The summed E-state index contributed by atoms with van der Waals surface area (Å²) in [6, 6.07) is 7.75. The molecule has 0 bridgehead atoms. The average Bonchev–Trinajstić information content (AvgIpc) is 2.84. The molecule has 2 amide bonds. The van der Waals surface area contributed by atoms with Crippen molar-refractivity contribution in [3.8, 4) is 0 Å². The number of aryl methyl sites for hydroxylation is 2. The molecule has 1 heterocycles. The number of amides is 2. The van der Waals surface area contributed by atoms with E-state index in [1.54, 1.807) is 6.92 Å². The van der Waals surface area contributed by atoms with Crippen molar-refractivity contribution < 1.29 is 9.32 Å². The van der Waals surface area contributed by atoms with Crippen molar-refractivity contribution in [2.75, 3.05) is 6.54 Å². The Morgan fingerprint density at radius 3 is 2.76 bits per heavy atom. The number of benzene rings is 1. The van der Waals surface area contributed by atoms with Crippen LogP contribution in [0, 0.1) is 13.8 Å². The highest BCUT2D eigenvalue weighted by atomic mass is 16.5. The smallest absolute Gasteiger partial charge is 0.315 e. The lowest BCUT2D eigenvalue weighted by atomic mass is 10.0. The summed E-state index contributed by atoms with van der Waals surface area (Å²) in [6.07, 6.45) is 0.521. The van der Waals surface area contributed by atoms with Crippen LogP contribution in [0.3, 0.4) is 0 Å². The first-order valence-electron chi connectivity index (χ1n) is 6.95. The summed E-state index contributed by atoms with van der Waals surface area (Å²) in [5, 5.41) is 9.39. The second-order valence-corrected chi connectivity index (χ2v) is 4.96. The van der Waals surface area contributed by atoms with Crippen LogP contribution >= 0.6 is 0 Å². The topological polar surface area (TPSA) is 80.0 Å². The summed E-state index contributed by atoms with van der Waals surface area (Å²) in [4.78, 5) is 15.9. The fourth-order valence-electron chi connectivity index (χ4n) is 2.12. The highest BCUT2D eigenvalue weighted by Gasteiger charge is 2.11. The first-order chi connectivity index (χ1) is 10.1. The Balaban J connectivity index is 1.78. The molecule has 0 aliphatic heterocycles. The summed E-state index contributed by atoms with van der Waals surface area (Å²) in [5.41, 5.74) is 2.27. The summed E-state index contributed by atoms with van der Waals surface area (Å²) < 4.78 is 4.98. The van der Waals surface area contributed by atoms with E-state index in [-0.39, 0.29) is 12.1 Å². The van der Waals surface area contributed by atoms with E-state index in [2.05, 4.69) is 20.8 Å². The maximum absolute atomic E-state index is 11.8. The van der Waals surface area contributed by atoms with Crippen molar-refractivity contribution in [2.24, 2.45) is 0 Å². The SMILES string of the molecule is Cc1noc(CCNC(=O)NC(C)c2ccccc2C)n1. The molecule has 0 spiro atoms. The van der Waals surface area contributed by atoms with Crippen LogP contribution in [-0.2, 0) is 6.42 Å². The number of hydrogen-bond donors (Lipinski definition) is 2. The molecule has 1 aromatic heterocycles. The molecule has 2 N–H and O–H groups in total. The number of hydrogen-bond acceptors (Lipinski definition) is 4. The number of urea groups is 1. The van der Waals surface area contributed by atoms with Gasteiger partial charge in [0.15, 0.2) is 5.82 Å². The molecule has 0 saturated heterocycles. The quantitative estimate of drug-likeness (QED) is 0.884. The minimum atomic E-state index is -0.206. The molecular formula is C15H20N4O2. The van der Waals surface area contributed by atoms with Crippen molar-refractivity contribution in [3.63, 3.8) is 0 Å². The first kappa shape index (κ1) is 15.0. The van der Waals surface area contributed by atoms with E-state index in [9.17, 15) is 4.79 Å². The van der Waals surface area contributed by atoms with Crippen LogP contribution in [0.25, 0.3) is 0 Å². The molecule has 0 aliphatic carbocycles. The largest absolute Gasteiger partial charge is 0.339 e. The third-order valence-electron chi connectivity index (χ3n) is 3.20. The second kappa shape index (κ2) is 6.88. The number of carbonyl (C=O) groups is 1. The Bertz CT molecular complexity index is 609. The molecule has 2 aromatic rings. The molecule has 0 fully saturated rings. The van der Waals surface area contributed by atoms with E-state index in [4.69, 9.17) is 4.52 Å². The van der Waals surface area contributed by atoms with Gasteiger partial charge in [-0.25, -0.2) is 4.79 Å². The van der Waals surface area contributed by atoms with E-state index in [1.807, 2.05) is 38.1 Å². The third kappa shape index (κ3) is 4.30. The lowest BCUT2D eigenvalue weighted by Gasteiger charge is -2.16. The van der Waals surface area contributed by atoms with Gasteiger partial charge in [0.2, 0.25) is 5.89 Å². The number of carbonyl (C=O) groups excluding carboxylic acids is 1. The molecule has 0 saturated carbocycles. The molecule has 0 radical (unpaired) electrons. The predicted molar refractivity (Wildman–Crippen MR) is 78.9 cm³/mol. The minimum Gasteiger partial charge on any atom is -0.339 e. The predicted octanol–water partition coefficient (Wildman–Crippen LogP) is 2.29. The number of rotatable bonds is 5. The van der Waals surface area contributed by atoms with Crippen LogP contribution in [0.15, 0.2) is 28.8 Å². The van der Waals surface area contributed by atoms with Gasteiger partial charge in [-0.1, -0.05) is 29.4 Å². The molecule has 0 aliphatic rings. The van der Waals surface area contributed by atoms with Gasteiger partial charge < -0.3 is 15.2 Å². The average molecular weight is 288 g/mol. The van der Waals surface area contributed by atoms with Crippen molar-refractivity contribution in [2.45, 2.75) is 33.2 Å². The highest BCUT2D eigenvalue weighted by Crippen LogP contribution is 2.16. The van der Waals surface area contributed by atoms with Gasteiger partial charge >= 0.3 is 6.03 Å². The molecule has 1 aromatic carbocycles. The van der Waals surface area contributed by atoms with E-state index >= 15 is 0 Å². The summed E-state index contributed by atoms with van der Waals surface area (Å²) in [7, 11) is 0. The molecule has 2 rings (SSSR count). The lowest BCUT2D eigenvalue weighted by molar-refractivity contribution is 0.237. The van der Waals surface area contributed by atoms with Crippen molar-refractivity contribution >= 4 is 6.03 Å². The van der Waals surface area contributed by atoms with Crippen LogP contribution in [0.5, 0.6) is 0 Å². The molecule has 6 nitrogen and oxygen atoms in total. The summed E-state index contributed by atoms with van der Waals surface area (Å²) in [6.45, 7) is 6.21. The van der Waals surface area contributed by atoms with Crippen LogP contribution < -0.4 is 10.6 Å². The first-order valence-corrected chi connectivity index (χ1v) is 6.95. The Morgan fingerprint density at radius 1 is 1.33 bits per heavy atom. The molecule has 112 valence electrons. The van der Waals surface area contributed by atoms with Gasteiger partial charge in [0.05, 0.1) is 6.04 Å². The highest BCUT2D eigenvalue weighted by molar-refractivity contribution is 5.74. The summed E-state index contributed by atoms with van der Waals surface area (Å²) >= 11 is 0. The maximum Gasteiger partial charge on any atom is 0.315 e. The Morgan fingerprint density at radius 2 is 2.10 bits per heavy atom. The monoisotopic (exact) mass is 288 g/mol. The number of nitrogens with one attached hydrogen (secondary N) is 2. The Kier molecular flexibility index (Phi) is 4.92. The lowest BCUT2D eigenvalue weighted by Crippen LogP contribution is -2.38. The van der Waals surface area contributed by atoms with Crippen LogP contribution in [-0.4, -0.2) is 22.7 Å². The van der Waals surface area contributed by atoms with Gasteiger partial charge in [0, 0.05) is 13.0 Å². The van der Waals surface area contributed by atoms with Gasteiger partial charge in [-0.2, -0.15) is 4.98 Å². The van der Waals surface area contributed by atoms with Crippen LogP contribution in [0.1, 0.15) is 35.8 Å². The van der Waals surface area contributed by atoms with E-state index in [0.717, 1.165) is 11.1 Å². The standard InChI is InChI=1S/C15H20N4O2/c1-10-6-4-5-7-13(10)11(2)17-15(20)16-9-8-14-18-12(3)19-21-14/h4-7,11H,8-9H2,1-3H3,(H2,16,17,20). The van der Waals surface area contributed by atoms with E-state index in [1.165, 1.54) is 0 Å². The van der Waals surface area contributed by atoms with E-state index in [0.29, 0.717) is 24.7 Å². The van der Waals surface area contributed by atoms with E-state index < -0.39 is 0 Å². The van der Waals surface area contributed by atoms with Gasteiger partial charge in [0.25, 0.3) is 0 Å². The third-order valence-corrected chi connectivity index (χ3v) is 3.20. The molecular weight excluding hydrogens is 268 g/mol. The molecule has 21 heavy (non-hydrogen) atoms. The zero-order valence-electron chi connectivity index (χ0n) is 12.5. The number of nitrogens with zero attached hydrogens (tertiary/aromatic N) is 2. The Hall–Kier alpha value is -2.37. The van der Waals surface area contributed by atoms with Crippen LogP contribution in [0.2, 0.25) is 0 Å². The summed E-state index contributed by atoms with van der Waals surface area (Å²) in [5.74, 6) is 1.13. The maximum atomic E-state index is 11.8. The zero-order chi connectivity index (χ0) is 15.2. The minimum absolute atomic E-state index is 0.0446. The second-order valence-electron chi connectivity index (χ2n) is 4.96. The van der Waals surface area contributed by atoms with Crippen molar-refractivity contribution in [1.82, 2.24) is 20.8 Å². The van der Waals surface area contributed by atoms with Gasteiger partial charge in [0.1, 0.15) is 0 Å². The van der Waals surface area contributed by atoms with Gasteiger partial charge in [-0.3, -0.25) is 0 Å².